The highest BCUT2D eigenvalue weighted by Gasteiger charge is 2.44. The van der Waals surface area contributed by atoms with Crippen LogP contribution in [-0.4, -0.2) is 55.0 Å². The number of β-amino-alcohol motifs (C(OH)–C–C–N with tert-alkyl or cyclic N) is 1. The number of ether oxygens (including phenoxy) is 1. The highest BCUT2D eigenvalue weighted by Crippen LogP contribution is 2.28. The number of carbonyl (C=O) groups is 2. The Kier molecular flexibility index (Phi) is 6.91. The Labute approximate surface area is 183 Å². The van der Waals surface area contributed by atoms with Crippen LogP contribution in [-0.2, 0) is 24.3 Å². The molecule has 1 fully saturated rings. The van der Waals surface area contributed by atoms with Crippen LogP contribution in [0.3, 0.4) is 0 Å². The van der Waals surface area contributed by atoms with Gasteiger partial charge in [-0.2, -0.15) is 4.31 Å². The van der Waals surface area contributed by atoms with Crippen molar-refractivity contribution in [2.75, 3.05) is 18.5 Å². The van der Waals surface area contributed by atoms with Crippen molar-refractivity contribution >= 4 is 27.6 Å². The number of rotatable bonds is 6. The van der Waals surface area contributed by atoms with Crippen LogP contribution in [0.25, 0.3) is 0 Å². The SMILES string of the molecule is Cc1ccc(S(=O)(=O)N2CC(O)C[C@H]2C(=O)OCC(=O)Nc2cc(F)cc(F)c2)cc1C. The molecule has 1 unspecified atom stereocenters. The summed E-state index contributed by atoms with van der Waals surface area (Å²) in [6.07, 6.45) is -1.28. The van der Waals surface area contributed by atoms with E-state index in [1.807, 2.05) is 6.92 Å². The molecular weight excluding hydrogens is 446 g/mol. The van der Waals surface area contributed by atoms with E-state index in [4.69, 9.17) is 4.74 Å². The lowest BCUT2D eigenvalue weighted by Crippen LogP contribution is -2.42. The van der Waals surface area contributed by atoms with E-state index in [1.165, 1.54) is 12.1 Å². The summed E-state index contributed by atoms with van der Waals surface area (Å²) >= 11 is 0. The first-order chi connectivity index (χ1) is 15.0. The lowest BCUT2D eigenvalue weighted by atomic mass is 10.1. The number of halogens is 2. The third-order valence-corrected chi connectivity index (χ3v) is 6.95. The number of aliphatic hydroxyl groups is 1. The Bertz CT molecular complexity index is 1130. The molecule has 1 aliphatic rings. The van der Waals surface area contributed by atoms with E-state index in [-0.39, 0.29) is 23.5 Å². The van der Waals surface area contributed by atoms with Crippen molar-refractivity contribution in [3.63, 3.8) is 0 Å². The number of esters is 1. The number of amides is 1. The number of nitrogens with zero attached hydrogens (tertiary/aromatic N) is 1. The Hall–Kier alpha value is -2.89. The third kappa shape index (κ3) is 5.29. The molecule has 2 N–H and O–H groups in total. The molecule has 0 bridgehead atoms. The Morgan fingerprint density at radius 3 is 2.41 bits per heavy atom. The lowest BCUT2D eigenvalue weighted by Gasteiger charge is -2.22. The Balaban J connectivity index is 1.69. The summed E-state index contributed by atoms with van der Waals surface area (Å²) in [5.41, 5.74) is 1.47. The van der Waals surface area contributed by atoms with E-state index in [0.717, 1.165) is 27.6 Å². The molecule has 3 rings (SSSR count). The third-order valence-electron chi connectivity index (χ3n) is 5.08. The number of hydrogen-bond donors (Lipinski definition) is 2. The molecule has 1 heterocycles. The number of hydrogen-bond acceptors (Lipinski definition) is 6. The fraction of sp³-hybridized carbons (Fsp3) is 0.333. The van der Waals surface area contributed by atoms with E-state index in [0.29, 0.717) is 6.07 Å². The van der Waals surface area contributed by atoms with E-state index >= 15 is 0 Å². The van der Waals surface area contributed by atoms with Gasteiger partial charge in [0.05, 0.1) is 11.0 Å². The first-order valence-corrected chi connectivity index (χ1v) is 11.1. The van der Waals surface area contributed by atoms with Crippen molar-refractivity contribution in [2.45, 2.75) is 37.3 Å². The second kappa shape index (κ2) is 9.31. The normalized spacial score (nSPS) is 19.0. The maximum Gasteiger partial charge on any atom is 0.325 e. The van der Waals surface area contributed by atoms with Gasteiger partial charge in [-0.1, -0.05) is 6.07 Å². The summed E-state index contributed by atoms with van der Waals surface area (Å²) in [5, 5.41) is 12.2. The van der Waals surface area contributed by atoms with E-state index in [9.17, 15) is 31.9 Å². The van der Waals surface area contributed by atoms with E-state index in [2.05, 4.69) is 5.32 Å². The minimum Gasteiger partial charge on any atom is -0.454 e. The Morgan fingerprint density at radius 1 is 1.12 bits per heavy atom. The summed E-state index contributed by atoms with van der Waals surface area (Å²) < 4.78 is 58.3. The van der Waals surface area contributed by atoms with Crippen LogP contribution in [0.15, 0.2) is 41.3 Å². The zero-order valence-electron chi connectivity index (χ0n) is 17.3. The first-order valence-electron chi connectivity index (χ1n) is 9.67. The predicted molar refractivity (Wildman–Crippen MR) is 110 cm³/mol. The zero-order chi connectivity index (χ0) is 23.6. The minimum atomic E-state index is -4.11. The van der Waals surface area contributed by atoms with Crippen molar-refractivity contribution in [3.05, 3.63) is 59.2 Å². The van der Waals surface area contributed by atoms with Crippen molar-refractivity contribution in [3.8, 4) is 0 Å². The zero-order valence-corrected chi connectivity index (χ0v) is 18.2. The molecule has 0 aliphatic carbocycles. The van der Waals surface area contributed by atoms with Gasteiger partial charge in [0, 0.05) is 24.7 Å². The summed E-state index contributed by atoms with van der Waals surface area (Å²) in [6.45, 7) is 2.47. The van der Waals surface area contributed by atoms with Gasteiger partial charge in [0.1, 0.15) is 17.7 Å². The van der Waals surface area contributed by atoms with Gasteiger partial charge in [-0.05, 0) is 49.2 Å². The number of aryl methyl sites for hydroxylation is 2. The van der Waals surface area contributed by atoms with Crippen LogP contribution in [0, 0.1) is 25.5 Å². The number of sulfonamides is 1. The molecule has 2 atom stereocenters. The van der Waals surface area contributed by atoms with Crippen molar-refractivity contribution < 1.29 is 36.6 Å². The van der Waals surface area contributed by atoms with Gasteiger partial charge in [-0.25, -0.2) is 17.2 Å². The smallest absolute Gasteiger partial charge is 0.325 e. The van der Waals surface area contributed by atoms with Crippen LogP contribution in [0.2, 0.25) is 0 Å². The van der Waals surface area contributed by atoms with Crippen molar-refractivity contribution in [1.82, 2.24) is 4.31 Å². The quantitative estimate of drug-likeness (QED) is 0.626. The fourth-order valence-electron chi connectivity index (χ4n) is 3.33. The van der Waals surface area contributed by atoms with Crippen LogP contribution < -0.4 is 5.32 Å². The molecule has 32 heavy (non-hydrogen) atoms. The molecule has 1 amide bonds. The average Bonchev–Trinajstić information content (AvgIpc) is 3.10. The van der Waals surface area contributed by atoms with Crippen molar-refractivity contribution in [2.24, 2.45) is 0 Å². The van der Waals surface area contributed by atoms with Gasteiger partial charge in [0.2, 0.25) is 10.0 Å². The van der Waals surface area contributed by atoms with Gasteiger partial charge in [-0.3, -0.25) is 9.59 Å². The molecule has 8 nitrogen and oxygen atoms in total. The van der Waals surface area contributed by atoms with Crippen LogP contribution >= 0.6 is 0 Å². The minimum absolute atomic E-state index is 0.0293. The van der Waals surface area contributed by atoms with Crippen LogP contribution in [0.1, 0.15) is 17.5 Å². The molecule has 2 aromatic rings. The molecule has 1 aliphatic heterocycles. The maximum absolute atomic E-state index is 13.2. The molecule has 0 saturated carbocycles. The highest BCUT2D eigenvalue weighted by atomic mass is 32.2. The molecule has 2 aromatic carbocycles. The van der Waals surface area contributed by atoms with Crippen LogP contribution in [0.4, 0.5) is 14.5 Å². The van der Waals surface area contributed by atoms with Crippen LogP contribution in [0.5, 0.6) is 0 Å². The molecule has 11 heteroatoms. The van der Waals surface area contributed by atoms with Gasteiger partial charge in [0.25, 0.3) is 5.91 Å². The van der Waals surface area contributed by atoms with Gasteiger partial charge < -0.3 is 15.2 Å². The largest absolute Gasteiger partial charge is 0.454 e. The molecule has 0 radical (unpaired) electrons. The molecule has 1 saturated heterocycles. The van der Waals surface area contributed by atoms with Gasteiger partial charge in [-0.15, -0.1) is 0 Å². The Morgan fingerprint density at radius 2 is 1.78 bits per heavy atom. The molecule has 0 spiro atoms. The molecule has 0 aromatic heterocycles. The highest BCUT2D eigenvalue weighted by molar-refractivity contribution is 7.89. The number of nitrogens with one attached hydrogen (secondary N) is 1. The number of carbonyl (C=O) groups excluding carboxylic acids is 2. The second-order valence-corrected chi connectivity index (χ2v) is 9.43. The number of aliphatic hydroxyl groups excluding tert-OH is 1. The molecular formula is C21H22F2N2O6S. The second-order valence-electron chi connectivity index (χ2n) is 7.54. The predicted octanol–water partition coefficient (Wildman–Crippen LogP) is 1.89. The average molecular weight is 468 g/mol. The topological polar surface area (TPSA) is 113 Å². The van der Waals surface area contributed by atoms with E-state index < -0.39 is 52.3 Å². The lowest BCUT2D eigenvalue weighted by molar-refractivity contribution is -0.150. The first kappa shape index (κ1) is 23.8. The summed E-state index contributed by atoms with van der Waals surface area (Å²) in [5.74, 6) is -3.69. The summed E-state index contributed by atoms with van der Waals surface area (Å²) in [6, 6.07) is 5.60. The van der Waals surface area contributed by atoms with Crippen molar-refractivity contribution in [1.29, 1.82) is 0 Å². The fourth-order valence-corrected chi connectivity index (χ4v) is 5.04. The number of benzene rings is 2. The maximum atomic E-state index is 13.2. The molecule has 172 valence electrons. The van der Waals surface area contributed by atoms with E-state index in [1.54, 1.807) is 13.0 Å². The summed E-state index contributed by atoms with van der Waals surface area (Å²) in [7, 11) is -4.11. The van der Waals surface area contributed by atoms with Gasteiger partial charge >= 0.3 is 5.97 Å². The standard InChI is InChI=1S/C21H22F2N2O6S/c1-12-3-4-18(5-13(12)2)32(29,30)25-10-17(26)9-19(25)21(28)31-11-20(27)24-16-7-14(22)6-15(23)8-16/h3-8,17,19,26H,9-11H2,1-2H3,(H,24,27)/t17?,19-/m0/s1. The summed E-state index contributed by atoms with van der Waals surface area (Å²) in [4.78, 5) is 24.5. The number of anilines is 1. The monoisotopic (exact) mass is 468 g/mol. The van der Waals surface area contributed by atoms with Gasteiger partial charge in [0.15, 0.2) is 6.61 Å².